The molecule has 0 saturated heterocycles. The van der Waals surface area contributed by atoms with E-state index in [1.165, 1.54) is 5.56 Å². The van der Waals surface area contributed by atoms with Crippen molar-refractivity contribution in [3.8, 4) is 5.75 Å². The molecular weight excluding hydrogens is 865 g/mol. The second kappa shape index (κ2) is 16.8. The summed E-state index contributed by atoms with van der Waals surface area (Å²) in [6, 6.07) is 14.2. The number of halogens is 20. The van der Waals surface area contributed by atoms with Crippen LogP contribution in [0.3, 0.4) is 0 Å². The molecule has 0 bridgehead atoms. The van der Waals surface area contributed by atoms with Gasteiger partial charge in [0, 0.05) is 17.7 Å². The largest absolute Gasteiger partial charge is 0.497 e. The molecule has 0 spiro atoms. The van der Waals surface area contributed by atoms with Crippen molar-refractivity contribution in [2.75, 3.05) is 7.11 Å². The highest BCUT2D eigenvalue weighted by Gasteiger charge is 2.52. The molecule has 0 aliphatic heterocycles. The van der Waals surface area contributed by atoms with Gasteiger partial charge in [0.2, 0.25) is 0 Å². The van der Waals surface area contributed by atoms with Crippen molar-refractivity contribution in [2.24, 2.45) is 0 Å². The van der Waals surface area contributed by atoms with Crippen LogP contribution in [0.2, 0.25) is 0 Å². The average molecular weight is 879 g/mol. The summed E-state index contributed by atoms with van der Waals surface area (Å²) in [5.74, 6) is -70.5. The van der Waals surface area contributed by atoms with E-state index >= 15 is 35.1 Å². The second-order valence-electron chi connectivity index (χ2n) is 12.2. The van der Waals surface area contributed by atoms with Crippen LogP contribution in [-0.2, 0) is 6.54 Å². The van der Waals surface area contributed by atoms with E-state index in [0.29, 0.717) is 0 Å². The summed E-state index contributed by atoms with van der Waals surface area (Å²) in [6.45, 7) is 0.873. The van der Waals surface area contributed by atoms with Crippen LogP contribution in [0.5, 0.6) is 5.75 Å². The van der Waals surface area contributed by atoms with Crippen molar-refractivity contribution >= 4 is 28.0 Å². The Kier molecular flexibility index (Phi) is 12.5. The van der Waals surface area contributed by atoms with E-state index in [0.717, 1.165) is 12.3 Å². The summed E-state index contributed by atoms with van der Waals surface area (Å²) < 4.78 is 301. The number of hydrogen-bond donors (Lipinski definition) is 0. The first-order chi connectivity index (χ1) is 28.1. The highest BCUT2D eigenvalue weighted by atomic mass is 19.2. The van der Waals surface area contributed by atoms with Crippen molar-refractivity contribution in [2.45, 2.75) is 6.54 Å². The first-order valence-electron chi connectivity index (χ1n) is 15.9. The smallest absolute Gasteiger partial charge is 0.200 e. The van der Waals surface area contributed by atoms with Crippen molar-refractivity contribution < 1.29 is 97.1 Å². The summed E-state index contributed by atoms with van der Waals surface area (Å²) in [4.78, 5) is 0. The standard InChI is InChI=1S/C24BF20.C13H14NO/c26-5-1(6(27)14(35)21(42)13(5)34)25(2-7(28)15(36)22(43)16(37)8(2)29,3-9(30)17(38)23(44)18(39)10(3)31)4-11(32)19(40)24(45)20(41)12(4)33;1-15-13-7-5-6-12(10-13)11-14-8-3-2-4-9-14/h;2-10H,11H2,1H3/q-1;+1. The van der Waals surface area contributed by atoms with Crippen molar-refractivity contribution in [3.63, 3.8) is 0 Å². The summed E-state index contributed by atoms with van der Waals surface area (Å²) >= 11 is 0. The monoisotopic (exact) mass is 879 g/mol. The normalized spacial score (nSPS) is 11.5. The van der Waals surface area contributed by atoms with Gasteiger partial charge < -0.3 is 4.74 Å². The van der Waals surface area contributed by atoms with E-state index in [-0.39, 0.29) is 0 Å². The topological polar surface area (TPSA) is 13.1 Å². The lowest BCUT2D eigenvalue weighted by Gasteiger charge is -2.44. The minimum Gasteiger partial charge on any atom is -0.497 e. The van der Waals surface area contributed by atoms with Gasteiger partial charge in [0.15, 0.2) is 88.7 Å². The van der Waals surface area contributed by atoms with Crippen LogP contribution in [0.25, 0.3) is 0 Å². The Hall–Kier alpha value is -6.29. The number of aromatic nitrogens is 1. The molecule has 1 heterocycles. The molecule has 316 valence electrons. The van der Waals surface area contributed by atoms with Gasteiger partial charge in [0.1, 0.15) is 58.4 Å². The molecule has 0 aliphatic carbocycles. The molecule has 23 heteroatoms. The van der Waals surface area contributed by atoms with Crippen LogP contribution in [0.4, 0.5) is 87.8 Å². The van der Waals surface area contributed by atoms with Gasteiger partial charge in [-0.05, 0) is 12.1 Å². The maximum absolute atomic E-state index is 15.4. The van der Waals surface area contributed by atoms with Gasteiger partial charge in [-0.25, -0.2) is 92.4 Å². The van der Waals surface area contributed by atoms with E-state index in [2.05, 4.69) is 29.1 Å². The summed E-state index contributed by atoms with van der Waals surface area (Å²) in [5.41, 5.74) is -13.1. The van der Waals surface area contributed by atoms with Crippen LogP contribution in [0.1, 0.15) is 5.56 Å². The van der Waals surface area contributed by atoms with Gasteiger partial charge >= 0.3 is 0 Å². The first kappa shape index (κ1) is 44.8. The van der Waals surface area contributed by atoms with Crippen molar-refractivity contribution in [3.05, 3.63) is 177 Å². The fourth-order valence-corrected chi connectivity index (χ4v) is 6.40. The molecule has 0 amide bonds. The SMILES string of the molecule is COc1cccc(C[n+]2ccccc2)c1.Fc1c(F)c(F)c([B-](c2c(F)c(F)c(F)c(F)c2F)(c2c(F)c(F)c(F)c(F)c2F)c2c(F)c(F)c(F)c(F)c2F)c(F)c1F. The van der Waals surface area contributed by atoms with Gasteiger partial charge in [-0.15, -0.1) is 21.9 Å². The third kappa shape index (κ3) is 7.01. The predicted octanol–water partition coefficient (Wildman–Crippen LogP) is 7.88. The van der Waals surface area contributed by atoms with Crippen LogP contribution in [0.15, 0.2) is 54.9 Å². The number of pyridine rings is 1. The average Bonchev–Trinajstić information content (AvgIpc) is 3.24. The molecule has 0 saturated carbocycles. The molecular formula is C37H14BF20NO. The number of nitrogens with zero attached hydrogens (tertiary/aromatic N) is 1. The van der Waals surface area contributed by atoms with E-state index in [4.69, 9.17) is 4.74 Å². The lowest BCUT2D eigenvalue weighted by molar-refractivity contribution is -0.688. The van der Waals surface area contributed by atoms with E-state index in [9.17, 15) is 52.7 Å². The van der Waals surface area contributed by atoms with E-state index in [1.54, 1.807) is 7.11 Å². The lowest BCUT2D eigenvalue weighted by atomic mass is 9.12. The maximum atomic E-state index is 15.4. The Morgan fingerprint density at radius 1 is 0.367 bits per heavy atom. The van der Waals surface area contributed by atoms with Gasteiger partial charge in [-0.3, -0.25) is 0 Å². The third-order valence-electron chi connectivity index (χ3n) is 8.98. The Morgan fingerprint density at radius 3 is 0.900 bits per heavy atom. The quantitative estimate of drug-likeness (QED) is 0.0524. The summed E-state index contributed by atoms with van der Waals surface area (Å²) in [7, 11) is 1.69. The minimum atomic E-state index is -7.22. The molecule has 0 aliphatic rings. The van der Waals surface area contributed by atoms with Gasteiger partial charge in [0.25, 0.3) is 0 Å². The number of hydrogen-bond acceptors (Lipinski definition) is 1. The number of rotatable bonds is 7. The Labute approximate surface area is 321 Å². The molecule has 6 aromatic rings. The molecule has 6 rings (SSSR count). The molecule has 0 N–H and O–H groups in total. The molecule has 1 aromatic heterocycles. The Morgan fingerprint density at radius 2 is 0.633 bits per heavy atom. The molecule has 60 heavy (non-hydrogen) atoms. The molecule has 0 radical (unpaired) electrons. The minimum absolute atomic E-state index is 0.873. The van der Waals surface area contributed by atoms with E-state index < -0.39 is 144 Å². The predicted molar refractivity (Wildman–Crippen MR) is 168 cm³/mol. The van der Waals surface area contributed by atoms with Gasteiger partial charge in [0.05, 0.1) is 7.11 Å². The van der Waals surface area contributed by atoms with Crippen LogP contribution >= 0.6 is 0 Å². The molecule has 0 atom stereocenters. The zero-order valence-electron chi connectivity index (χ0n) is 28.9. The second-order valence-corrected chi connectivity index (χ2v) is 12.2. The Balaban J connectivity index is 0.000000379. The first-order valence-corrected chi connectivity index (χ1v) is 15.9. The number of ether oxygens (including phenoxy) is 1. The molecule has 5 aromatic carbocycles. The van der Waals surface area contributed by atoms with Crippen LogP contribution < -0.4 is 31.2 Å². The third-order valence-corrected chi connectivity index (χ3v) is 8.98. The van der Waals surface area contributed by atoms with Gasteiger partial charge in [-0.2, -0.15) is 0 Å². The zero-order valence-corrected chi connectivity index (χ0v) is 28.9. The highest BCUT2D eigenvalue weighted by molar-refractivity contribution is 7.20. The lowest BCUT2D eigenvalue weighted by Crippen LogP contribution is -2.81. The van der Waals surface area contributed by atoms with Gasteiger partial charge in [-0.1, -0.05) is 18.2 Å². The summed E-state index contributed by atoms with van der Waals surface area (Å²) in [5, 5.41) is 0. The van der Waals surface area contributed by atoms with Crippen molar-refractivity contribution in [1.29, 1.82) is 0 Å². The number of methoxy groups -OCH3 is 1. The summed E-state index contributed by atoms with van der Waals surface area (Å²) in [6.07, 6.45) is -3.11. The Bertz CT molecular complexity index is 2300. The van der Waals surface area contributed by atoms with Crippen molar-refractivity contribution in [1.82, 2.24) is 0 Å². The highest BCUT2D eigenvalue weighted by Crippen LogP contribution is 2.30. The zero-order chi connectivity index (χ0) is 44.9. The maximum Gasteiger partial charge on any atom is 0.200 e. The molecule has 0 fully saturated rings. The molecule has 0 unspecified atom stereocenters. The fourth-order valence-electron chi connectivity index (χ4n) is 6.40. The number of benzene rings is 5. The van der Waals surface area contributed by atoms with Crippen LogP contribution in [0, 0.1) is 116 Å². The van der Waals surface area contributed by atoms with Crippen LogP contribution in [-0.4, -0.2) is 13.3 Å². The fraction of sp³-hybridized carbons (Fsp3) is 0.0541. The van der Waals surface area contributed by atoms with E-state index in [1.807, 2.05) is 30.3 Å². The molecule has 2 nitrogen and oxygen atoms in total.